The summed E-state index contributed by atoms with van der Waals surface area (Å²) in [4.78, 5) is 0. The van der Waals surface area contributed by atoms with Crippen molar-refractivity contribution < 1.29 is 5.11 Å². The van der Waals surface area contributed by atoms with Crippen molar-refractivity contribution >= 4 is 0 Å². The van der Waals surface area contributed by atoms with E-state index in [0.717, 1.165) is 11.8 Å². The molecule has 3 unspecified atom stereocenters. The molecule has 0 radical (unpaired) electrons. The normalized spacial score (nSPS) is 50.7. The first kappa shape index (κ1) is 5.72. The molecule has 0 aromatic rings. The van der Waals surface area contributed by atoms with Crippen LogP contribution in [0.1, 0.15) is 26.2 Å². The van der Waals surface area contributed by atoms with Gasteiger partial charge in [0.05, 0.1) is 6.10 Å². The van der Waals surface area contributed by atoms with E-state index in [9.17, 15) is 5.11 Å². The molecule has 2 aliphatic rings. The van der Waals surface area contributed by atoms with Gasteiger partial charge in [0.25, 0.3) is 0 Å². The fourth-order valence-electron chi connectivity index (χ4n) is 2.16. The van der Waals surface area contributed by atoms with Crippen molar-refractivity contribution in [2.24, 2.45) is 17.8 Å². The zero-order valence-electron chi connectivity index (χ0n) is 5.88. The number of fused-ring (bicyclic) bond motifs is 1. The monoisotopic (exact) mass is 126 g/mol. The Kier molecular flexibility index (Phi) is 1.10. The van der Waals surface area contributed by atoms with Crippen LogP contribution in [-0.4, -0.2) is 11.2 Å². The fraction of sp³-hybridized carbons (Fsp3) is 1.00. The molecule has 0 saturated heterocycles. The van der Waals surface area contributed by atoms with E-state index in [-0.39, 0.29) is 6.10 Å². The highest BCUT2D eigenvalue weighted by molar-refractivity contribution is 4.96. The van der Waals surface area contributed by atoms with Crippen LogP contribution in [0.4, 0.5) is 0 Å². The van der Waals surface area contributed by atoms with Crippen molar-refractivity contribution in [2.75, 3.05) is 0 Å². The van der Waals surface area contributed by atoms with Crippen molar-refractivity contribution in [2.45, 2.75) is 32.3 Å². The molecule has 0 aromatic carbocycles. The summed E-state index contributed by atoms with van der Waals surface area (Å²) in [6.07, 6.45) is 4.03. The van der Waals surface area contributed by atoms with Crippen LogP contribution < -0.4 is 0 Å². The summed E-state index contributed by atoms with van der Waals surface area (Å²) in [5, 5.41) is 9.19. The second-order valence-electron chi connectivity index (χ2n) is 3.73. The third-order valence-electron chi connectivity index (χ3n) is 2.96. The molecular weight excluding hydrogens is 112 g/mol. The molecule has 0 aromatic heterocycles. The Balaban J connectivity index is 1.90. The van der Waals surface area contributed by atoms with Gasteiger partial charge in [0, 0.05) is 0 Å². The average molecular weight is 126 g/mol. The van der Waals surface area contributed by atoms with Crippen molar-refractivity contribution in [3.63, 3.8) is 0 Å². The number of rotatable bonds is 1. The predicted octanol–water partition coefficient (Wildman–Crippen LogP) is 1.41. The Labute approximate surface area is 56.1 Å². The first-order valence-electron chi connectivity index (χ1n) is 3.95. The van der Waals surface area contributed by atoms with Gasteiger partial charge in [-0.2, -0.15) is 0 Å². The highest BCUT2D eigenvalue weighted by Crippen LogP contribution is 2.54. The Hall–Kier alpha value is -0.0400. The largest absolute Gasteiger partial charge is 0.393 e. The zero-order chi connectivity index (χ0) is 6.43. The van der Waals surface area contributed by atoms with Gasteiger partial charge in [-0.05, 0) is 43.9 Å². The molecule has 3 atom stereocenters. The predicted molar refractivity (Wildman–Crippen MR) is 36.0 cm³/mol. The van der Waals surface area contributed by atoms with E-state index in [4.69, 9.17) is 0 Å². The summed E-state index contributed by atoms with van der Waals surface area (Å²) >= 11 is 0. The molecule has 1 nitrogen and oxygen atoms in total. The Morgan fingerprint density at radius 1 is 1.22 bits per heavy atom. The third-order valence-corrected chi connectivity index (χ3v) is 2.96. The Morgan fingerprint density at radius 2 is 1.78 bits per heavy atom. The van der Waals surface area contributed by atoms with Crippen LogP contribution in [0.2, 0.25) is 0 Å². The van der Waals surface area contributed by atoms with Crippen molar-refractivity contribution in [1.82, 2.24) is 0 Å². The van der Waals surface area contributed by atoms with E-state index < -0.39 is 0 Å². The second-order valence-corrected chi connectivity index (χ2v) is 3.73. The van der Waals surface area contributed by atoms with Crippen molar-refractivity contribution in [3.8, 4) is 0 Å². The molecule has 0 heterocycles. The molecule has 1 N–H and O–H groups in total. The summed E-state index contributed by atoms with van der Waals surface area (Å²) in [5.41, 5.74) is 0. The molecule has 0 spiro atoms. The number of aliphatic hydroxyl groups excluding tert-OH is 1. The molecule has 52 valence electrons. The lowest BCUT2D eigenvalue weighted by Gasteiger charge is -2.13. The second kappa shape index (κ2) is 1.72. The van der Waals surface area contributed by atoms with E-state index >= 15 is 0 Å². The van der Waals surface area contributed by atoms with Gasteiger partial charge < -0.3 is 5.11 Å². The van der Waals surface area contributed by atoms with Gasteiger partial charge in [0.15, 0.2) is 0 Å². The maximum atomic E-state index is 9.19. The van der Waals surface area contributed by atoms with Crippen LogP contribution in [0.25, 0.3) is 0 Å². The van der Waals surface area contributed by atoms with Crippen LogP contribution in [0, 0.1) is 17.8 Å². The molecule has 0 amide bonds. The van der Waals surface area contributed by atoms with Crippen molar-refractivity contribution in [3.05, 3.63) is 0 Å². The number of hydrogen-bond acceptors (Lipinski definition) is 1. The first-order chi connectivity index (χ1) is 4.27. The lowest BCUT2D eigenvalue weighted by atomic mass is 9.98. The summed E-state index contributed by atoms with van der Waals surface area (Å²) in [7, 11) is 0. The summed E-state index contributed by atoms with van der Waals surface area (Å²) in [5.74, 6) is 2.68. The van der Waals surface area contributed by atoms with Gasteiger partial charge in [0.1, 0.15) is 0 Å². The Bertz CT molecular complexity index is 110. The van der Waals surface area contributed by atoms with Gasteiger partial charge in [-0.25, -0.2) is 0 Å². The van der Waals surface area contributed by atoms with Gasteiger partial charge in [-0.3, -0.25) is 0 Å². The highest BCUT2D eigenvalue weighted by Gasteiger charge is 2.46. The summed E-state index contributed by atoms with van der Waals surface area (Å²) < 4.78 is 0. The van der Waals surface area contributed by atoms with Crippen LogP contribution in [0.5, 0.6) is 0 Å². The van der Waals surface area contributed by atoms with Gasteiger partial charge in [-0.15, -0.1) is 0 Å². The number of hydrogen-bond donors (Lipinski definition) is 1. The SMILES string of the molecule is CC(O)C1CC2CC2C1. The standard InChI is InChI=1S/C8H14O/c1-5(9)6-2-7-4-8(7)3-6/h5-9H,2-4H2,1H3. The van der Waals surface area contributed by atoms with Crippen molar-refractivity contribution in [1.29, 1.82) is 0 Å². The van der Waals surface area contributed by atoms with E-state index in [2.05, 4.69) is 0 Å². The molecule has 0 aliphatic heterocycles. The topological polar surface area (TPSA) is 20.2 Å². The minimum Gasteiger partial charge on any atom is -0.393 e. The number of aliphatic hydroxyl groups is 1. The maximum Gasteiger partial charge on any atom is 0.0540 e. The van der Waals surface area contributed by atoms with Crippen LogP contribution in [0.15, 0.2) is 0 Å². The molecular formula is C8H14O. The molecule has 2 fully saturated rings. The molecule has 2 rings (SSSR count). The fourth-order valence-corrected chi connectivity index (χ4v) is 2.16. The third kappa shape index (κ3) is 0.877. The van der Waals surface area contributed by atoms with Gasteiger partial charge >= 0.3 is 0 Å². The first-order valence-corrected chi connectivity index (χ1v) is 3.95. The highest BCUT2D eigenvalue weighted by atomic mass is 16.3. The smallest absolute Gasteiger partial charge is 0.0540 e. The van der Waals surface area contributed by atoms with E-state index in [1.165, 1.54) is 19.3 Å². The lowest BCUT2D eigenvalue weighted by molar-refractivity contribution is 0.121. The van der Waals surface area contributed by atoms with Crippen LogP contribution in [-0.2, 0) is 0 Å². The van der Waals surface area contributed by atoms with E-state index in [0.29, 0.717) is 5.92 Å². The van der Waals surface area contributed by atoms with E-state index in [1.54, 1.807) is 0 Å². The summed E-state index contributed by atoms with van der Waals surface area (Å²) in [6, 6.07) is 0. The minimum absolute atomic E-state index is 0.0437. The summed E-state index contributed by atoms with van der Waals surface area (Å²) in [6.45, 7) is 1.93. The average Bonchev–Trinajstić information content (AvgIpc) is 2.40. The Morgan fingerprint density at radius 3 is 2.11 bits per heavy atom. The maximum absolute atomic E-state index is 9.19. The van der Waals surface area contributed by atoms with Gasteiger partial charge in [-0.1, -0.05) is 0 Å². The van der Waals surface area contributed by atoms with Gasteiger partial charge in [0.2, 0.25) is 0 Å². The minimum atomic E-state index is -0.0437. The molecule has 9 heavy (non-hydrogen) atoms. The van der Waals surface area contributed by atoms with E-state index in [1.807, 2.05) is 6.92 Å². The molecule has 0 bridgehead atoms. The lowest BCUT2D eigenvalue weighted by Crippen LogP contribution is -2.14. The van der Waals surface area contributed by atoms with Crippen LogP contribution in [0.3, 0.4) is 0 Å². The molecule has 2 saturated carbocycles. The quantitative estimate of drug-likeness (QED) is 0.563. The van der Waals surface area contributed by atoms with Crippen LogP contribution >= 0.6 is 0 Å². The molecule has 1 heteroatoms. The molecule has 2 aliphatic carbocycles. The zero-order valence-corrected chi connectivity index (χ0v) is 5.88.